The summed E-state index contributed by atoms with van der Waals surface area (Å²) in [5, 5.41) is 0. The van der Waals surface area contributed by atoms with Gasteiger partial charge in [0.05, 0.1) is 0 Å². The average molecular weight is 175 g/mol. The zero-order chi connectivity index (χ0) is 2.00. The number of rotatable bonds is 0. The second-order valence-corrected chi connectivity index (χ2v) is 0. The van der Waals surface area contributed by atoms with E-state index in [-0.39, 0.29) is 34.3 Å². The maximum absolute atomic E-state index is 8.19. The Balaban J connectivity index is -0.000000000500. The molecule has 0 aromatic rings. The summed E-state index contributed by atoms with van der Waals surface area (Å²) in [5.41, 5.74) is 0. The first kappa shape index (κ1) is 139. The van der Waals surface area contributed by atoms with Gasteiger partial charge in [0.25, 0.3) is 0 Å². The predicted molar refractivity (Wildman–Crippen MR) is 22.4 cm³/mol. The van der Waals surface area contributed by atoms with E-state index in [0.29, 0.717) is 0 Å². The monoisotopic (exact) mass is 175 g/mol. The van der Waals surface area contributed by atoms with Crippen molar-refractivity contribution in [2.45, 2.75) is 0 Å². The molecule has 5 nitrogen and oxygen atoms in total. The van der Waals surface area contributed by atoms with Crippen molar-refractivity contribution in [2.24, 2.45) is 0 Å². The van der Waals surface area contributed by atoms with Crippen LogP contribution in [0.1, 0.15) is 0 Å². The van der Waals surface area contributed by atoms with Gasteiger partial charge in [-0.15, -0.1) is 12.4 Å². The molecule has 0 fully saturated rings. The van der Waals surface area contributed by atoms with Crippen molar-refractivity contribution in [1.82, 2.24) is 0 Å². The molecule has 0 aliphatic heterocycles. The van der Waals surface area contributed by atoms with Gasteiger partial charge in [-0.05, 0) is 0 Å². The van der Waals surface area contributed by atoms with Crippen LogP contribution in [0, 0.1) is 0 Å². The quantitative estimate of drug-likeness (QED) is 0.380. The molecule has 0 heterocycles. The molecule has 0 aliphatic carbocycles. The van der Waals surface area contributed by atoms with Gasteiger partial charge in [0, 0.05) is 0 Å². The molecule has 0 radical (unpaired) electrons. The molecule has 7 heavy (non-hydrogen) atoms. The van der Waals surface area contributed by atoms with Gasteiger partial charge >= 0.3 is 21.0 Å². The van der Waals surface area contributed by atoms with Crippen molar-refractivity contribution in [3.63, 3.8) is 0 Å². The van der Waals surface area contributed by atoms with E-state index < -0.39 is 0 Å². The Labute approximate surface area is 55.9 Å². The average Bonchev–Trinajstić information content (AvgIpc) is 1.00. The van der Waals surface area contributed by atoms with Gasteiger partial charge in [0.2, 0.25) is 0 Å². The molecule has 8 N–H and O–H groups in total. The predicted octanol–water partition coefficient (Wildman–Crippen LogP) is -3.00. The summed E-state index contributed by atoms with van der Waals surface area (Å²) in [6.45, 7) is 0. The van der Waals surface area contributed by atoms with Gasteiger partial charge in [-0.3, -0.25) is 0 Å². The van der Waals surface area contributed by atoms with E-state index in [1.165, 1.54) is 0 Å². The van der Waals surface area contributed by atoms with E-state index >= 15 is 0 Å². The van der Waals surface area contributed by atoms with Gasteiger partial charge in [0.15, 0.2) is 0 Å². The first-order chi connectivity index (χ1) is 1.00. The van der Waals surface area contributed by atoms with E-state index in [1.54, 1.807) is 0 Å². The summed E-state index contributed by atoms with van der Waals surface area (Å²) in [5.74, 6) is 0. The molecular weight excluding hydrogens is 166 g/mol. The Morgan fingerprint density at radius 1 is 0.714 bits per heavy atom. The minimum absolute atomic E-state index is 0. The van der Waals surface area contributed by atoms with Crippen LogP contribution in [0.15, 0.2) is 0 Å². The summed E-state index contributed by atoms with van der Waals surface area (Å²) in [6.07, 6.45) is 0. The Hall–Kier alpha value is 0.514. The van der Waals surface area contributed by atoms with E-state index in [1.807, 2.05) is 0 Å². The Morgan fingerprint density at radius 3 is 0.714 bits per heavy atom. The van der Waals surface area contributed by atoms with Crippen molar-refractivity contribution < 1.29 is 42.9 Å². The van der Waals surface area contributed by atoms with Gasteiger partial charge < -0.3 is 21.9 Å². The van der Waals surface area contributed by atoms with E-state index in [9.17, 15) is 0 Å². The fourth-order valence-electron chi connectivity index (χ4n) is 0. The number of hydrogen-bond acceptors (Lipinski definition) is 1. The third kappa shape index (κ3) is 502. The van der Waals surface area contributed by atoms with Crippen LogP contribution in [0.3, 0.4) is 0 Å². The van der Waals surface area contributed by atoms with Crippen LogP contribution >= 0.6 is 12.4 Å². The fraction of sp³-hybridized carbons (Fsp3) is 0. The summed E-state index contributed by atoms with van der Waals surface area (Å²) in [6, 6.07) is 0. The summed E-state index contributed by atoms with van der Waals surface area (Å²) < 4.78 is 8.19. The first-order valence-electron chi connectivity index (χ1n) is 0.183. The summed E-state index contributed by atoms with van der Waals surface area (Å²) >= 11 is 1.06. The summed E-state index contributed by atoms with van der Waals surface area (Å²) in [4.78, 5) is 0. The first-order valence-corrected chi connectivity index (χ1v) is 0.753. The maximum atomic E-state index is 8.19. The van der Waals surface area contributed by atoms with Crippen LogP contribution < -0.4 is 0 Å². The molecule has 51 valence electrons. The number of halogens is 1. The topological polar surface area (TPSA) is 143 Å². The van der Waals surface area contributed by atoms with Crippen molar-refractivity contribution >= 4 is 12.4 Å². The SMILES string of the molecule is Cl.O.O.O.O.[O]=[V]. The van der Waals surface area contributed by atoms with Crippen LogP contribution in [0.2, 0.25) is 0 Å². The van der Waals surface area contributed by atoms with E-state index in [2.05, 4.69) is 0 Å². The molecule has 0 atom stereocenters. The molecule has 0 bridgehead atoms. The molecular formula is H9ClO5V. The van der Waals surface area contributed by atoms with E-state index in [4.69, 9.17) is 3.67 Å². The normalized spacial score (nSPS) is 0.429. The molecule has 7 heteroatoms. The molecule has 0 spiro atoms. The Kier molecular flexibility index (Phi) is 14900. The van der Waals surface area contributed by atoms with Gasteiger partial charge in [-0.1, -0.05) is 0 Å². The Morgan fingerprint density at radius 2 is 0.714 bits per heavy atom. The van der Waals surface area contributed by atoms with Crippen molar-refractivity contribution in [1.29, 1.82) is 0 Å². The molecule has 0 aliphatic rings. The van der Waals surface area contributed by atoms with Crippen molar-refractivity contribution in [3.05, 3.63) is 0 Å². The van der Waals surface area contributed by atoms with Crippen LogP contribution in [-0.2, 0) is 21.0 Å². The molecule has 0 saturated heterocycles. The van der Waals surface area contributed by atoms with Gasteiger partial charge in [-0.25, -0.2) is 0 Å². The standard InChI is InChI=1S/ClH.4H2O.O.V/h1H;4*1H2;;. The summed E-state index contributed by atoms with van der Waals surface area (Å²) in [7, 11) is 0. The zero-order valence-corrected chi connectivity index (χ0v) is 5.48. The molecule has 0 amide bonds. The second kappa shape index (κ2) is 749. The number of hydrogen-bond donors (Lipinski definition) is 0. The third-order valence-corrected chi connectivity index (χ3v) is 0. The zero-order valence-electron chi connectivity index (χ0n) is 3.26. The van der Waals surface area contributed by atoms with Crippen LogP contribution in [0.4, 0.5) is 0 Å². The van der Waals surface area contributed by atoms with Gasteiger partial charge in [0.1, 0.15) is 0 Å². The van der Waals surface area contributed by atoms with Crippen LogP contribution in [-0.4, -0.2) is 21.9 Å². The van der Waals surface area contributed by atoms with E-state index in [0.717, 1.165) is 17.4 Å². The fourth-order valence-corrected chi connectivity index (χ4v) is 0. The Bertz CT molecular complexity index is 8.04. The van der Waals surface area contributed by atoms with Crippen LogP contribution in [0.5, 0.6) is 0 Å². The van der Waals surface area contributed by atoms with Gasteiger partial charge in [-0.2, -0.15) is 0 Å². The molecule has 0 unspecified atom stereocenters. The molecule has 0 aromatic carbocycles. The molecule has 0 rings (SSSR count). The third-order valence-electron chi connectivity index (χ3n) is 0. The minimum atomic E-state index is 0. The molecule has 0 saturated carbocycles. The second-order valence-electron chi connectivity index (χ2n) is 0. The van der Waals surface area contributed by atoms with Crippen LogP contribution in [0.25, 0.3) is 0 Å². The van der Waals surface area contributed by atoms with Crippen molar-refractivity contribution in [2.75, 3.05) is 0 Å². The molecule has 0 aromatic heterocycles. The van der Waals surface area contributed by atoms with Crippen molar-refractivity contribution in [3.8, 4) is 0 Å².